The lowest BCUT2D eigenvalue weighted by molar-refractivity contribution is 0.176. The lowest BCUT2D eigenvalue weighted by Gasteiger charge is -2.33. The highest BCUT2D eigenvalue weighted by Crippen LogP contribution is 2.18. The second-order valence-electron chi connectivity index (χ2n) is 5.79. The van der Waals surface area contributed by atoms with Crippen LogP contribution in [0.5, 0.6) is 0 Å². The molecule has 1 atom stereocenters. The van der Waals surface area contributed by atoms with Crippen LogP contribution >= 0.6 is 0 Å². The molecule has 1 unspecified atom stereocenters. The number of aromatic nitrogens is 2. The molecule has 2 aromatic rings. The summed E-state index contributed by atoms with van der Waals surface area (Å²) in [6, 6.07) is 11.4. The van der Waals surface area contributed by atoms with Gasteiger partial charge in [0.2, 0.25) is 0 Å². The summed E-state index contributed by atoms with van der Waals surface area (Å²) in [7, 11) is 0. The lowest BCUT2D eigenvalue weighted by Crippen LogP contribution is -2.46. The Morgan fingerprint density at radius 3 is 2.58 bits per heavy atom. The predicted octanol–water partition coefficient (Wildman–Crippen LogP) is 1.67. The average Bonchev–Trinajstić information content (AvgIpc) is 2.67. The third-order valence-corrected chi connectivity index (χ3v) is 4.18. The topological polar surface area (TPSA) is 64.5 Å². The first-order valence-corrected chi connectivity index (χ1v) is 8.08. The molecular formula is C17H22FN5O. The number of nitrogens with one attached hydrogen (secondary N) is 1. The Morgan fingerprint density at radius 1 is 1.12 bits per heavy atom. The summed E-state index contributed by atoms with van der Waals surface area (Å²) < 4.78 is 12.6. The van der Waals surface area contributed by atoms with E-state index < -0.39 is 12.9 Å². The molecule has 1 fully saturated rings. The summed E-state index contributed by atoms with van der Waals surface area (Å²) in [6.45, 7) is 2.84. The zero-order chi connectivity index (χ0) is 16.8. The van der Waals surface area contributed by atoms with Crippen LogP contribution in [-0.4, -0.2) is 59.5 Å². The minimum Gasteiger partial charge on any atom is -0.387 e. The number of aliphatic hydroxyl groups excluding tert-OH is 1. The van der Waals surface area contributed by atoms with Gasteiger partial charge >= 0.3 is 0 Å². The van der Waals surface area contributed by atoms with Gasteiger partial charge < -0.3 is 15.3 Å². The number of hydrogen-bond donors (Lipinski definition) is 2. The van der Waals surface area contributed by atoms with Crippen molar-refractivity contribution in [1.82, 2.24) is 14.9 Å². The van der Waals surface area contributed by atoms with Gasteiger partial charge in [0.1, 0.15) is 24.8 Å². The third kappa shape index (κ3) is 4.18. The van der Waals surface area contributed by atoms with Crippen molar-refractivity contribution in [2.24, 2.45) is 0 Å². The number of anilines is 2. The SMILES string of the molecule is OC(CNc1cc(N2CCN(CF)CC2)ncn1)c1ccccc1. The Hall–Kier alpha value is -2.25. The molecule has 1 aliphatic rings. The fourth-order valence-corrected chi connectivity index (χ4v) is 2.71. The monoisotopic (exact) mass is 331 g/mol. The third-order valence-electron chi connectivity index (χ3n) is 4.18. The van der Waals surface area contributed by atoms with Crippen molar-refractivity contribution in [1.29, 1.82) is 0 Å². The van der Waals surface area contributed by atoms with E-state index in [9.17, 15) is 9.50 Å². The molecule has 3 rings (SSSR count). The quantitative estimate of drug-likeness (QED) is 0.785. The van der Waals surface area contributed by atoms with Crippen LogP contribution in [0.4, 0.5) is 16.0 Å². The van der Waals surface area contributed by atoms with Crippen LogP contribution in [0.15, 0.2) is 42.7 Å². The lowest BCUT2D eigenvalue weighted by atomic mass is 10.1. The van der Waals surface area contributed by atoms with Crippen molar-refractivity contribution >= 4 is 11.6 Å². The van der Waals surface area contributed by atoms with Crippen LogP contribution < -0.4 is 10.2 Å². The van der Waals surface area contributed by atoms with Crippen LogP contribution in [0.1, 0.15) is 11.7 Å². The summed E-state index contributed by atoms with van der Waals surface area (Å²) in [5.41, 5.74) is 0.863. The van der Waals surface area contributed by atoms with Gasteiger partial charge in [-0.3, -0.25) is 4.90 Å². The number of benzene rings is 1. The molecule has 7 heteroatoms. The predicted molar refractivity (Wildman–Crippen MR) is 91.7 cm³/mol. The smallest absolute Gasteiger partial charge is 0.143 e. The molecule has 0 radical (unpaired) electrons. The average molecular weight is 331 g/mol. The van der Waals surface area contributed by atoms with Gasteiger partial charge in [0.15, 0.2) is 0 Å². The largest absolute Gasteiger partial charge is 0.387 e. The van der Waals surface area contributed by atoms with Gasteiger partial charge in [-0.1, -0.05) is 30.3 Å². The first-order valence-electron chi connectivity index (χ1n) is 8.08. The van der Waals surface area contributed by atoms with Crippen LogP contribution in [0.3, 0.4) is 0 Å². The molecule has 1 aromatic carbocycles. The first kappa shape index (κ1) is 16.6. The fraction of sp³-hybridized carbons (Fsp3) is 0.412. The van der Waals surface area contributed by atoms with Crippen LogP contribution in [0.2, 0.25) is 0 Å². The Labute approximate surface area is 141 Å². The summed E-state index contributed by atoms with van der Waals surface area (Å²) in [6.07, 6.45) is 0.909. The molecule has 0 aliphatic carbocycles. The Balaban J connectivity index is 1.57. The maximum atomic E-state index is 12.6. The van der Waals surface area contributed by atoms with E-state index in [4.69, 9.17) is 0 Å². The van der Waals surface area contributed by atoms with E-state index in [1.165, 1.54) is 6.33 Å². The molecule has 2 N–H and O–H groups in total. The van der Waals surface area contributed by atoms with Crippen molar-refractivity contribution in [3.05, 3.63) is 48.3 Å². The van der Waals surface area contributed by atoms with Gasteiger partial charge in [-0.2, -0.15) is 0 Å². The number of piperazine rings is 1. The number of rotatable bonds is 6. The van der Waals surface area contributed by atoms with Crippen molar-refractivity contribution < 1.29 is 9.50 Å². The van der Waals surface area contributed by atoms with E-state index in [1.54, 1.807) is 4.90 Å². The van der Waals surface area contributed by atoms with Gasteiger partial charge in [-0.15, -0.1) is 0 Å². The minimum atomic E-state index is -0.599. The molecule has 2 heterocycles. The number of halogens is 1. The standard InChI is InChI=1S/C17H22FN5O/c18-12-22-6-8-23(9-7-22)17-10-16(20-13-21-17)19-11-15(24)14-4-2-1-3-5-14/h1-5,10,13,15,24H,6-9,11-12H2,(H,19,20,21). The van der Waals surface area contributed by atoms with Crippen molar-refractivity contribution in [3.8, 4) is 0 Å². The summed E-state index contributed by atoms with van der Waals surface area (Å²) in [4.78, 5) is 12.4. The summed E-state index contributed by atoms with van der Waals surface area (Å²) >= 11 is 0. The molecule has 1 aliphatic heterocycles. The van der Waals surface area contributed by atoms with E-state index in [-0.39, 0.29) is 0 Å². The Kier molecular flexibility index (Phi) is 5.55. The van der Waals surface area contributed by atoms with Crippen LogP contribution in [0.25, 0.3) is 0 Å². The molecule has 0 amide bonds. The van der Waals surface area contributed by atoms with Crippen LogP contribution in [0, 0.1) is 0 Å². The normalized spacial score (nSPS) is 16.8. The molecule has 0 spiro atoms. The molecule has 0 saturated carbocycles. The first-order chi connectivity index (χ1) is 11.8. The van der Waals surface area contributed by atoms with Crippen molar-refractivity contribution in [2.45, 2.75) is 6.10 Å². The van der Waals surface area contributed by atoms with E-state index in [0.29, 0.717) is 25.5 Å². The number of nitrogens with zero attached hydrogens (tertiary/aromatic N) is 4. The summed E-state index contributed by atoms with van der Waals surface area (Å²) in [5.74, 6) is 1.49. The second-order valence-corrected chi connectivity index (χ2v) is 5.79. The van der Waals surface area contributed by atoms with Gasteiger partial charge in [0.25, 0.3) is 0 Å². The number of hydrogen-bond acceptors (Lipinski definition) is 6. The van der Waals surface area contributed by atoms with E-state index in [2.05, 4.69) is 20.2 Å². The number of alkyl halides is 1. The molecule has 0 bridgehead atoms. The van der Waals surface area contributed by atoms with Gasteiger partial charge in [0.05, 0.1) is 6.10 Å². The maximum Gasteiger partial charge on any atom is 0.143 e. The van der Waals surface area contributed by atoms with E-state index in [1.807, 2.05) is 36.4 Å². The van der Waals surface area contributed by atoms with E-state index in [0.717, 1.165) is 24.5 Å². The Bertz CT molecular complexity index is 634. The van der Waals surface area contributed by atoms with Crippen molar-refractivity contribution in [3.63, 3.8) is 0 Å². The molecular weight excluding hydrogens is 309 g/mol. The summed E-state index contributed by atoms with van der Waals surface area (Å²) in [5, 5.41) is 13.3. The maximum absolute atomic E-state index is 12.6. The molecule has 128 valence electrons. The zero-order valence-electron chi connectivity index (χ0n) is 13.5. The molecule has 6 nitrogen and oxygen atoms in total. The molecule has 1 saturated heterocycles. The van der Waals surface area contributed by atoms with E-state index >= 15 is 0 Å². The van der Waals surface area contributed by atoms with Gasteiger partial charge in [0, 0.05) is 38.8 Å². The second kappa shape index (κ2) is 8.03. The highest BCUT2D eigenvalue weighted by atomic mass is 19.1. The molecule has 24 heavy (non-hydrogen) atoms. The number of aliphatic hydroxyl groups is 1. The van der Waals surface area contributed by atoms with Gasteiger partial charge in [-0.25, -0.2) is 14.4 Å². The zero-order valence-corrected chi connectivity index (χ0v) is 13.5. The Morgan fingerprint density at radius 2 is 1.88 bits per heavy atom. The fourth-order valence-electron chi connectivity index (χ4n) is 2.71. The van der Waals surface area contributed by atoms with Crippen LogP contribution in [-0.2, 0) is 0 Å². The highest BCUT2D eigenvalue weighted by molar-refractivity contribution is 5.49. The minimum absolute atomic E-state index is 0.371. The highest BCUT2D eigenvalue weighted by Gasteiger charge is 2.18. The van der Waals surface area contributed by atoms with Gasteiger partial charge in [-0.05, 0) is 5.56 Å². The van der Waals surface area contributed by atoms with Crippen molar-refractivity contribution in [2.75, 3.05) is 49.7 Å². The molecule has 1 aromatic heterocycles.